The van der Waals surface area contributed by atoms with Crippen LogP contribution in [0.5, 0.6) is 0 Å². The minimum Gasteiger partial charge on any atom is -0.408 e. The highest BCUT2D eigenvalue weighted by Gasteiger charge is 2.25. The number of benzene rings is 2. The Labute approximate surface area is 133 Å². The van der Waals surface area contributed by atoms with Crippen LogP contribution in [0, 0.1) is 17.5 Å². The largest absolute Gasteiger partial charge is 0.419 e. The summed E-state index contributed by atoms with van der Waals surface area (Å²) in [5, 5.41) is 0. The van der Waals surface area contributed by atoms with Crippen molar-refractivity contribution in [3.63, 3.8) is 0 Å². The Morgan fingerprint density at radius 2 is 1.71 bits per heavy atom. The van der Waals surface area contributed by atoms with Crippen LogP contribution in [0.25, 0.3) is 11.1 Å². The van der Waals surface area contributed by atoms with Crippen LogP contribution in [0.4, 0.5) is 18.9 Å². The number of aryl methyl sites for hydroxylation is 1. The number of halogens is 3. The van der Waals surface area contributed by atoms with Crippen molar-refractivity contribution in [3.8, 4) is 0 Å². The van der Waals surface area contributed by atoms with Gasteiger partial charge in [0, 0.05) is 13.1 Å². The predicted molar refractivity (Wildman–Crippen MR) is 78.6 cm³/mol. The zero-order chi connectivity index (χ0) is 17.6. The molecule has 10 heteroatoms. The van der Waals surface area contributed by atoms with Crippen molar-refractivity contribution in [3.05, 3.63) is 58.3 Å². The van der Waals surface area contributed by atoms with E-state index in [2.05, 4.69) is 0 Å². The molecule has 1 aromatic heterocycles. The summed E-state index contributed by atoms with van der Waals surface area (Å²) in [5.41, 5.74) is -0.574. The lowest BCUT2D eigenvalue weighted by Crippen LogP contribution is -2.17. The molecule has 0 amide bonds. The molecule has 0 radical (unpaired) electrons. The molecule has 1 N–H and O–H groups in total. The van der Waals surface area contributed by atoms with Gasteiger partial charge in [-0.3, -0.25) is 9.29 Å². The van der Waals surface area contributed by atoms with E-state index in [1.54, 1.807) is 4.72 Å². The van der Waals surface area contributed by atoms with Crippen molar-refractivity contribution < 1.29 is 26.0 Å². The highest BCUT2D eigenvalue weighted by molar-refractivity contribution is 7.92. The summed E-state index contributed by atoms with van der Waals surface area (Å²) in [7, 11) is -3.40. The third-order valence-electron chi connectivity index (χ3n) is 3.31. The van der Waals surface area contributed by atoms with Gasteiger partial charge in [-0.05, 0) is 18.2 Å². The summed E-state index contributed by atoms with van der Waals surface area (Å²) < 4.78 is 73.2. The third kappa shape index (κ3) is 2.54. The number of sulfonamides is 1. The fourth-order valence-corrected chi connectivity index (χ4v) is 3.36. The van der Waals surface area contributed by atoms with Crippen LogP contribution in [0.1, 0.15) is 0 Å². The first-order valence-corrected chi connectivity index (χ1v) is 7.95. The molecule has 0 saturated heterocycles. The third-order valence-corrected chi connectivity index (χ3v) is 4.73. The van der Waals surface area contributed by atoms with Crippen LogP contribution < -0.4 is 10.5 Å². The van der Waals surface area contributed by atoms with Gasteiger partial charge in [-0.2, -0.15) is 0 Å². The maximum Gasteiger partial charge on any atom is 0.419 e. The van der Waals surface area contributed by atoms with Crippen LogP contribution in [0.15, 0.2) is 44.4 Å². The van der Waals surface area contributed by atoms with Crippen LogP contribution in [0.2, 0.25) is 0 Å². The highest BCUT2D eigenvalue weighted by Crippen LogP contribution is 2.26. The molecule has 0 aliphatic rings. The van der Waals surface area contributed by atoms with Crippen molar-refractivity contribution >= 4 is 26.8 Å². The molecule has 0 spiro atoms. The predicted octanol–water partition coefficient (Wildman–Crippen LogP) is 2.35. The highest BCUT2D eigenvalue weighted by atomic mass is 32.2. The van der Waals surface area contributed by atoms with E-state index in [1.807, 2.05) is 0 Å². The van der Waals surface area contributed by atoms with E-state index >= 15 is 0 Å². The van der Waals surface area contributed by atoms with Crippen LogP contribution in [-0.2, 0) is 17.1 Å². The fourth-order valence-electron chi connectivity index (χ4n) is 2.16. The van der Waals surface area contributed by atoms with E-state index in [1.165, 1.54) is 7.05 Å². The van der Waals surface area contributed by atoms with E-state index in [0.717, 1.165) is 34.9 Å². The normalized spacial score (nSPS) is 11.8. The Morgan fingerprint density at radius 3 is 2.33 bits per heavy atom. The molecule has 1 heterocycles. The molecule has 0 saturated carbocycles. The summed E-state index contributed by atoms with van der Waals surface area (Å²) in [6, 6.07) is 4.31. The number of nitrogens with one attached hydrogen (secondary N) is 1. The van der Waals surface area contributed by atoms with Crippen LogP contribution in [0.3, 0.4) is 0 Å². The molecule has 24 heavy (non-hydrogen) atoms. The maximum atomic E-state index is 14.0. The summed E-state index contributed by atoms with van der Waals surface area (Å²) in [4.78, 5) is 10.2. The Kier molecular flexibility index (Phi) is 3.63. The van der Waals surface area contributed by atoms with E-state index in [4.69, 9.17) is 4.42 Å². The molecule has 3 rings (SSSR count). The lowest BCUT2D eigenvalue weighted by atomic mass is 10.3. The van der Waals surface area contributed by atoms with E-state index in [-0.39, 0.29) is 11.1 Å². The molecule has 0 aliphatic heterocycles. The summed E-state index contributed by atoms with van der Waals surface area (Å²) >= 11 is 0. The molecule has 0 atom stereocenters. The van der Waals surface area contributed by atoms with Gasteiger partial charge in [-0.25, -0.2) is 26.4 Å². The molecular formula is C14H9F3N2O4S. The zero-order valence-corrected chi connectivity index (χ0v) is 12.8. The Bertz CT molecular complexity index is 1100. The first-order chi connectivity index (χ1) is 11.2. The van der Waals surface area contributed by atoms with Gasteiger partial charge in [0.15, 0.2) is 16.3 Å². The SMILES string of the molecule is Cn1c(=O)oc2cc(F)c(NS(=O)(=O)c3c(F)cccc3F)cc21. The average molecular weight is 358 g/mol. The van der Waals surface area contributed by atoms with Crippen molar-refractivity contribution in [2.45, 2.75) is 4.90 Å². The second-order valence-corrected chi connectivity index (χ2v) is 6.50. The van der Waals surface area contributed by atoms with Gasteiger partial charge >= 0.3 is 5.76 Å². The number of fused-ring (bicyclic) bond motifs is 1. The molecule has 0 bridgehead atoms. The standard InChI is InChI=1S/C14H9F3N2O4S/c1-19-11-6-10(9(17)5-12(11)23-14(19)20)18-24(21,22)13-7(15)3-2-4-8(13)16/h2-6,18H,1H3. The molecule has 2 aromatic carbocycles. The minimum absolute atomic E-state index is 0.0972. The van der Waals surface area contributed by atoms with E-state index in [0.29, 0.717) is 0 Å². The van der Waals surface area contributed by atoms with Gasteiger partial charge in [0.25, 0.3) is 10.0 Å². The zero-order valence-electron chi connectivity index (χ0n) is 12.0. The quantitative estimate of drug-likeness (QED) is 0.779. The smallest absolute Gasteiger partial charge is 0.408 e. The molecular weight excluding hydrogens is 349 g/mol. The minimum atomic E-state index is -4.73. The fraction of sp³-hybridized carbons (Fsp3) is 0.0714. The Balaban J connectivity index is 2.14. The molecule has 0 aliphatic carbocycles. The molecule has 6 nitrogen and oxygen atoms in total. The number of oxazole rings is 1. The summed E-state index contributed by atoms with van der Waals surface area (Å²) in [6.45, 7) is 0. The molecule has 3 aromatic rings. The number of hydrogen-bond acceptors (Lipinski definition) is 4. The van der Waals surface area contributed by atoms with Crippen molar-refractivity contribution in [1.82, 2.24) is 4.57 Å². The second-order valence-electron chi connectivity index (χ2n) is 4.88. The van der Waals surface area contributed by atoms with Gasteiger partial charge in [0.1, 0.15) is 11.6 Å². The summed E-state index contributed by atoms with van der Waals surface area (Å²) in [6.07, 6.45) is 0. The van der Waals surface area contributed by atoms with Gasteiger partial charge < -0.3 is 4.42 Å². The summed E-state index contributed by atoms with van der Waals surface area (Å²) in [5.74, 6) is -4.49. The Morgan fingerprint density at radius 1 is 1.08 bits per heavy atom. The topological polar surface area (TPSA) is 81.3 Å². The van der Waals surface area contributed by atoms with E-state index in [9.17, 15) is 26.4 Å². The average Bonchev–Trinajstić information content (AvgIpc) is 2.73. The van der Waals surface area contributed by atoms with Gasteiger partial charge in [0.05, 0.1) is 11.2 Å². The van der Waals surface area contributed by atoms with Crippen LogP contribution in [-0.4, -0.2) is 13.0 Å². The lowest BCUT2D eigenvalue weighted by molar-refractivity contribution is 0.520. The molecule has 0 unspecified atom stereocenters. The number of nitrogens with zero attached hydrogens (tertiary/aromatic N) is 1. The Hall–Kier alpha value is -2.75. The number of rotatable bonds is 3. The van der Waals surface area contributed by atoms with Gasteiger partial charge in [0.2, 0.25) is 0 Å². The molecule has 126 valence electrons. The van der Waals surface area contributed by atoms with Gasteiger partial charge in [-0.15, -0.1) is 0 Å². The van der Waals surface area contributed by atoms with Crippen molar-refractivity contribution in [2.24, 2.45) is 7.05 Å². The molecule has 0 fully saturated rings. The van der Waals surface area contributed by atoms with E-state index < -0.39 is 43.8 Å². The number of anilines is 1. The van der Waals surface area contributed by atoms with Crippen molar-refractivity contribution in [2.75, 3.05) is 4.72 Å². The van der Waals surface area contributed by atoms with Crippen molar-refractivity contribution in [1.29, 1.82) is 0 Å². The first-order valence-electron chi connectivity index (χ1n) is 6.46. The van der Waals surface area contributed by atoms with Crippen LogP contribution >= 0.6 is 0 Å². The lowest BCUT2D eigenvalue weighted by Gasteiger charge is -2.10. The monoisotopic (exact) mass is 358 g/mol. The maximum absolute atomic E-state index is 14.0. The number of hydrogen-bond donors (Lipinski definition) is 1. The first kappa shape index (κ1) is 16.1. The number of aromatic nitrogens is 1. The van der Waals surface area contributed by atoms with Gasteiger partial charge in [-0.1, -0.05) is 6.07 Å². The second kappa shape index (κ2) is 5.41.